The molecule has 3 aromatic rings. The molecular weight excluding hydrogens is 430 g/mol. The Kier molecular flexibility index (Phi) is 5.53. The Morgan fingerprint density at radius 2 is 1.96 bits per heavy atom. The van der Waals surface area contributed by atoms with E-state index in [9.17, 15) is 13.5 Å². The van der Waals surface area contributed by atoms with Gasteiger partial charge in [-0.05, 0) is 62.6 Å². The summed E-state index contributed by atoms with van der Waals surface area (Å²) < 4.78 is 27.9. The number of hydrogen-bond donors (Lipinski definition) is 2. The van der Waals surface area contributed by atoms with Crippen molar-refractivity contribution in [3.05, 3.63) is 73.0 Å². The largest absolute Gasteiger partial charge is 0.383 e. The highest BCUT2D eigenvalue weighted by molar-refractivity contribution is 9.10. The average molecular weight is 444 g/mol. The summed E-state index contributed by atoms with van der Waals surface area (Å²) in [6.45, 7) is 0.185. The van der Waals surface area contributed by atoms with Crippen molar-refractivity contribution in [3.63, 3.8) is 0 Å². The highest BCUT2D eigenvalue weighted by Crippen LogP contribution is 2.30. The lowest BCUT2D eigenvalue weighted by molar-refractivity contribution is 0.224. The van der Waals surface area contributed by atoms with Gasteiger partial charge in [0.1, 0.15) is 6.10 Å². The van der Waals surface area contributed by atoms with Crippen LogP contribution in [0.25, 0.3) is 0 Å². The maximum Gasteiger partial charge on any atom is 0.242 e. The van der Waals surface area contributed by atoms with Gasteiger partial charge in [-0.15, -0.1) is 11.3 Å². The number of aliphatic hydroxyl groups excluding tert-OH is 1. The van der Waals surface area contributed by atoms with Crippen LogP contribution in [0.2, 0.25) is 0 Å². The van der Waals surface area contributed by atoms with Crippen LogP contribution < -0.4 is 4.72 Å². The summed E-state index contributed by atoms with van der Waals surface area (Å²) in [4.78, 5) is 1.85. The van der Waals surface area contributed by atoms with Crippen molar-refractivity contribution >= 4 is 48.6 Å². The van der Waals surface area contributed by atoms with Crippen LogP contribution in [0.3, 0.4) is 0 Å². The zero-order valence-corrected chi connectivity index (χ0v) is 16.4. The summed E-state index contributed by atoms with van der Waals surface area (Å²) >= 11 is 6.18. The normalized spacial score (nSPS) is 13.1. The zero-order chi connectivity index (χ0) is 17.2. The van der Waals surface area contributed by atoms with Crippen LogP contribution in [0.15, 0.2) is 62.6 Å². The quantitative estimate of drug-likeness (QED) is 0.601. The van der Waals surface area contributed by atoms with E-state index < -0.39 is 16.1 Å². The van der Waals surface area contributed by atoms with Gasteiger partial charge in [0.05, 0.1) is 4.90 Å². The van der Waals surface area contributed by atoms with Gasteiger partial charge in [0.15, 0.2) is 0 Å². The Labute approximate surface area is 157 Å². The molecule has 0 saturated heterocycles. The second-order valence-corrected chi connectivity index (χ2v) is 9.59. The van der Waals surface area contributed by atoms with Crippen LogP contribution in [-0.2, 0) is 16.6 Å². The van der Waals surface area contributed by atoms with Crippen LogP contribution in [0.5, 0.6) is 0 Å². The lowest BCUT2D eigenvalue weighted by atomic mass is 10.2. The highest BCUT2D eigenvalue weighted by Gasteiger charge is 2.18. The van der Waals surface area contributed by atoms with Gasteiger partial charge in [0.25, 0.3) is 0 Å². The van der Waals surface area contributed by atoms with Gasteiger partial charge in [0.2, 0.25) is 10.0 Å². The molecular formula is C16H14BrNO3S3. The minimum Gasteiger partial charge on any atom is -0.383 e. The zero-order valence-electron chi connectivity index (χ0n) is 12.3. The molecule has 8 heteroatoms. The van der Waals surface area contributed by atoms with E-state index in [4.69, 9.17) is 0 Å². The van der Waals surface area contributed by atoms with Gasteiger partial charge in [-0.3, -0.25) is 0 Å². The summed E-state index contributed by atoms with van der Waals surface area (Å²) in [5.74, 6) is 0. The number of aliphatic hydroxyl groups is 1. The fraction of sp³-hybridized carbons (Fsp3) is 0.125. The number of benzene rings is 1. The van der Waals surface area contributed by atoms with Crippen molar-refractivity contribution in [2.75, 3.05) is 0 Å². The fourth-order valence-corrected chi connectivity index (χ4v) is 5.88. The van der Waals surface area contributed by atoms with E-state index in [2.05, 4.69) is 20.7 Å². The molecule has 0 radical (unpaired) electrons. The second-order valence-electron chi connectivity index (χ2n) is 5.02. The first-order valence-electron chi connectivity index (χ1n) is 7.00. The van der Waals surface area contributed by atoms with E-state index in [0.29, 0.717) is 4.47 Å². The molecule has 0 bridgehead atoms. The number of thiophene rings is 2. The first kappa shape index (κ1) is 17.8. The van der Waals surface area contributed by atoms with Gasteiger partial charge >= 0.3 is 0 Å². The van der Waals surface area contributed by atoms with Crippen molar-refractivity contribution in [2.24, 2.45) is 0 Å². The maximum absolute atomic E-state index is 12.4. The second kappa shape index (κ2) is 7.47. The Hall–Kier alpha value is -1.03. The summed E-state index contributed by atoms with van der Waals surface area (Å²) in [5.41, 5.74) is 0.849. The molecule has 24 heavy (non-hydrogen) atoms. The molecule has 1 atom stereocenters. The van der Waals surface area contributed by atoms with Crippen molar-refractivity contribution in [1.82, 2.24) is 4.72 Å². The van der Waals surface area contributed by atoms with E-state index in [1.807, 2.05) is 29.0 Å². The first-order chi connectivity index (χ1) is 11.5. The van der Waals surface area contributed by atoms with Crippen LogP contribution in [0.1, 0.15) is 21.4 Å². The number of nitrogens with one attached hydrogen (secondary N) is 1. The summed E-state index contributed by atoms with van der Waals surface area (Å²) in [6.07, 6.45) is -0.671. The molecule has 126 valence electrons. The minimum atomic E-state index is -3.59. The lowest BCUT2D eigenvalue weighted by Gasteiger charge is -2.08. The molecule has 0 saturated carbocycles. The van der Waals surface area contributed by atoms with Crippen LogP contribution in [-0.4, -0.2) is 13.5 Å². The fourth-order valence-electron chi connectivity index (χ4n) is 2.14. The van der Waals surface area contributed by atoms with Crippen LogP contribution >= 0.6 is 38.6 Å². The number of hydrogen-bond acceptors (Lipinski definition) is 5. The van der Waals surface area contributed by atoms with E-state index in [1.54, 1.807) is 24.3 Å². The van der Waals surface area contributed by atoms with Crippen molar-refractivity contribution in [3.8, 4) is 0 Å². The van der Waals surface area contributed by atoms with Gasteiger partial charge in [-0.1, -0.05) is 12.1 Å². The Balaban J connectivity index is 1.71. The standard InChI is InChI=1S/C16H14BrNO3S3/c17-13-3-1-2-4-15(13)24(20,21)18-9-12-5-6-14(23-12)16(19)11-7-8-22-10-11/h1-8,10,16,18-19H,9H2. The monoisotopic (exact) mass is 443 g/mol. The lowest BCUT2D eigenvalue weighted by Crippen LogP contribution is -2.23. The van der Waals surface area contributed by atoms with Gasteiger partial charge in [-0.2, -0.15) is 11.3 Å². The summed E-state index contributed by atoms with van der Waals surface area (Å²) in [6, 6.07) is 12.2. The third-order valence-electron chi connectivity index (χ3n) is 3.37. The molecule has 2 heterocycles. The number of sulfonamides is 1. The molecule has 0 aliphatic rings. The smallest absolute Gasteiger partial charge is 0.242 e. The molecule has 4 nitrogen and oxygen atoms in total. The number of rotatable bonds is 6. The third kappa shape index (κ3) is 3.96. The molecule has 2 N–H and O–H groups in total. The predicted molar refractivity (Wildman–Crippen MR) is 101 cm³/mol. The van der Waals surface area contributed by atoms with Crippen molar-refractivity contribution in [2.45, 2.75) is 17.5 Å². The van der Waals surface area contributed by atoms with E-state index >= 15 is 0 Å². The van der Waals surface area contributed by atoms with Gasteiger partial charge in [0, 0.05) is 20.8 Å². The number of halogens is 1. The van der Waals surface area contributed by atoms with Crippen LogP contribution in [0.4, 0.5) is 0 Å². The SMILES string of the molecule is O=S(=O)(NCc1ccc(C(O)c2ccsc2)s1)c1ccccc1Br. The van der Waals surface area contributed by atoms with Crippen molar-refractivity contribution in [1.29, 1.82) is 0 Å². The highest BCUT2D eigenvalue weighted by atomic mass is 79.9. The molecule has 2 aromatic heterocycles. The van der Waals surface area contributed by atoms with Crippen LogP contribution in [0, 0.1) is 0 Å². The molecule has 0 amide bonds. The Bertz CT molecular complexity index is 920. The van der Waals surface area contributed by atoms with Gasteiger partial charge < -0.3 is 5.11 Å². The predicted octanol–water partition coefficient (Wildman–Crippen LogP) is 4.13. The summed E-state index contributed by atoms with van der Waals surface area (Å²) in [7, 11) is -3.59. The first-order valence-corrected chi connectivity index (χ1v) is 11.0. The Morgan fingerprint density at radius 3 is 2.67 bits per heavy atom. The maximum atomic E-state index is 12.4. The molecule has 0 aliphatic heterocycles. The molecule has 1 aromatic carbocycles. The third-order valence-corrected chi connectivity index (χ3v) is 7.63. The topological polar surface area (TPSA) is 66.4 Å². The molecule has 0 fully saturated rings. The minimum absolute atomic E-state index is 0.185. The molecule has 0 aliphatic carbocycles. The molecule has 1 unspecified atom stereocenters. The average Bonchev–Trinajstić information content (AvgIpc) is 3.24. The van der Waals surface area contributed by atoms with Crippen molar-refractivity contribution < 1.29 is 13.5 Å². The van der Waals surface area contributed by atoms with E-state index in [-0.39, 0.29) is 11.4 Å². The molecule has 3 rings (SSSR count). The van der Waals surface area contributed by atoms with E-state index in [0.717, 1.165) is 15.3 Å². The molecule has 0 spiro atoms. The Morgan fingerprint density at radius 1 is 1.17 bits per heavy atom. The van der Waals surface area contributed by atoms with E-state index in [1.165, 1.54) is 22.7 Å². The summed E-state index contributed by atoms with van der Waals surface area (Å²) in [5, 5.41) is 14.1. The van der Waals surface area contributed by atoms with Gasteiger partial charge in [-0.25, -0.2) is 13.1 Å².